The third-order valence-electron chi connectivity index (χ3n) is 4.69. The van der Waals surface area contributed by atoms with Crippen molar-refractivity contribution in [1.29, 1.82) is 0 Å². The number of carbonyl (C=O) groups is 2. The van der Waals surface area contributed by atoms with E-state index in [1.807, 2.05) is 0 Å². The Bertz CT molecular complexity index is 875. The summed E-state index contributed by atoms with van der Waals surface area (Å²) >= 11 is 0. The summed E-state index contributed by atoms with van der Waals surface area (Å²) in [7, 11) is 1.54. The van der Waals surface area contributed by atoms with E-state index in [-0.39, 0.29) is 34.9 Å². The van der Waals surface area contributed by atoms with Gasteiger partial charge in [0.1, 0.15) is 23.0 Å². The van der Waals surface area contributed by atoms with Crippen molar-refractivity contribution in [3.63, 3.8) is 0 Å². The number of hydrogen-bond donors (Lipinski definition) is 0. The van der Waals surface area contributed by atoms with Crippen molar-refractivity contribution in [1.82, 2.24) is 14.5 Å². The molecule has 0 atom stereocenters. The second-order valence-electron chi connectivity index (χ2n) is 6.60. The van der Waals surface area contributed by atoms with Gasteiger partial charge in [0.2, 0.25) is 5.71 Å². The van der Waals surface area contributed by atoms with Gasteiger partial charge >= 0.3 is 5.97 Å². The van der Waals surface area contributed by atoms with E-state index in [9.17, 15) is 14.4 Å². The number of rotatable bonds is 3. The van der Waals surface area contributed by atoms with E-state index in [0.717, 1.165) is 25.7 Å². The smallest absolute Gasteiger partial charge is 0.343 e. The van der Waals surface area contributed by atoms with Crippen molar-refractivity contribution >= 4 is 23.0 Å². The third kappa shape index (κ3) is 3.63. The van der Waals surface area contributed by atoms with Crippen LogP contribution in [-0.4, -0.2) is 46.0 Å². The van der Waals surface area contributed by atoms with E-state index in [4.69, 9.17) is 9.15 Å². The first-order chi connectivity index (χ1) is 12.5. The van der Waals surface area contributed by atoms with E-state index in [2.05, 4.69) is 4.98 Å². The normalized spacial score (nSPS) is 15.5. The topological polar surface area (TPSA) is 94.6 Å². The van der Waals surface area contributed by atoms with Crippen LogP contribution in [-0.2, 0) is 16.6 Å². The lowest BCUT2D eigenvalue weighted by atomic mass is 10.1. The number of ether oxygens (including phenoxy) is 1. The first kappa shape index (κ1) is 18.2. The maximum absolute atomic E-state index is 12.5. The number of furan rings is 1. The van der Waals surface area contributed by atoms with Crippen molar-refractivity contribution in [2.75, 3.05) is 19.7 Å². The Morgan fingerprint density at radius 2 is 1.85 bits per heavy atom. The fourth-order valence-corrected chi connectivity index (χ4v) is 3.22. The third-order valence-corrected chi connectivity index (χ3v) is 4.69. The van der Waals surface area contributed by atoms with Crippen LogP contribution >= 0.6 is 0 Å². The van der Waals surface area contributed by atoms with Crippen LogP contribution in [0.1, 0.15) is 48.2 Å². The molecule has 26 heavy (non-hydrogen) atoms. The summed E-state index contributed by atoms with van der Waals surface area (Å²) in [5.74, 6) is -0.706. The Morgan fingerprint density at radius 1 is 1.19 bits per heavy atom. The van der Waals surface area contributed by atoms with Crippen LogP contribution in [0.2, 0.25) is 0 Å². The van der Waals surface area contributed by atoms with Crippen LogP contribution in [0.5, 0.6) is 0 Å². The highest BCUT2D eigenvalue weighted by atomic mass is 16.5. The van der Waals surface area contributed by atoms with Gasteiger partial charge in [-0.15, -0.1) is 0 Å². The van der Waals surface area contributed by atoms with E-state index in [1.54, 1.807) is 11.8 Å². The molecule has 1 saturated heterocycles. The molecule has 0 spiro atoms. The average molecular weight is 361 g/mol. The molecule has 8 nitrogen and oxygen atoms in total. The molecule has 1 amide bonds. The van der Waals surface area contributed by atoms with Gasteiger partial charge in [-0.05, 0) is 19.8 Å². The molecular formula is C18H23N3O5. The SMILES string of the molecule is Cc1oc2ncn(C)c(=O)c2c1C(=O)OCC(=O)N1CCCCCCC1. The minimum Gasteiger partial charge on any atom is -0.452 e. The summed E-state index contributed by atoms with van der Waals surface area (Å²) in [6.07, 6.45) is 6.68. The van der Waals surface area contributed by atoms with Crippen molar-refractivity contribution < 1.29 is 18.7 Å². The van der Waals surface area contributed by atoms with Crippen LogP contribution in [0.25, 0.3) is 11.1 Å². The van der Waals surface area contributed by atoms with E-state index in [0.29, 0.717) is 13.1 Å². The number of likely N-dealkylation sites (tertiary alicyclic amines) is 1. The van der Waals surface area contributed by atoms with Gasteiger partial charge in [-0.2, -0.15) is 0 Å². The summed E-state index contributed by atoms with van der Waals surface area (Å²) in [5.41, 5.74) is -0.268. The summed E-state index contributed by atoms with van der Waals surface area (Å²) in [6, 6.07) is 0. The standard InChI is InChI=1S/C18H23N3O5/c1-12-14(15-16(26-12)19-11-20(2)17(15)23)18(24)25-10-13(22)21-8-6-4-3-5-7-9-21/h11H,3-10H2,1-2H3. The van der Waals surface area contributed by atoms with Gasteiger partial charge in [0.25, 0.3) is 11.5 Å². The predicted octanol–water partition coefficient (Wildman–Crippen LogP) is 1.78. The quantitative estimate of drug-likeness (QED) is 0.774. The number of amides is 1. The van der Waals surface area contributed by atoms with Crippen LogP contribution in [0, 0.1) is 6.92 Å². The van der Waals surface area contributed by atoms with Crippen LogP contribution in [0.15, 0.2) is 15.5 Å². The first-order valence-corrected chi connectivity index (χ1v) is 8.88. The molecule has 0 saturated carbocycles. The molecule has 0 aliphatic carbocycles. The molecule has 0 aromatic carbocycles. The summed E-state index contributed by atoms with van der Waals surface area (Å²) in [5, 5.41) is 0.0798. The first-order valence-electron chi connectivity index (χ1n) is 8.88. The Hall–Kier alpha value is -2.64. The molecular weight excluding hydrogens is 338 g/mol. The van der Waals surface area contributed by atoms with Gasteiger partial charge < -0.3 is 18.6 Å². The summed E-state index contributed by atoms with van der Waals surface area (Å²) in [4.78, 5) is 42.9. The maximum Gasteiger partial charge on any atom is 0.343 e. The zero-order valence-electron chi connectivity index (χ0n) is 15.1. The Kier molecular flexibility index (Phi) is 5.39. The largest absolute Gasteiger partial charge is 0.452 e. The highest BCUT2D eigenvalue weighted by molar-refractivity contribution is 6.03. The molecule has 1 aliphatic rings. The maximum atomic E-state index is 12.5. The lowest BCUT2D eigenvalue weighted by Crippen LogP contribution is -2.37. The van der Waals surface area contributed by atoms with Crippen molar-refractivity contribution in [3.8, 4) is 0 Å². The van der Waals surface area contributed by atoms with Crippen LogP contribution < -0.4 is 5.56 Å². The Labute approximate surface area is 150 Å². The van der Waals surface area contributed by atoms with Crippen molar-refractivity contribution in [3.05, 3.63) is 28.0 Å². The molecule has 3 rings (SSSR count). The molecule has 140 valence electrons. The fraction of sp³-hybridized carbons (Fsp3) is 0.556. The van der Waals surface area contributed by atoms with Gasteiger partial charge in [-0.1, -0.05) is 19.3 Å². The van der Waals surface area contributed by atoms with E-state index >= 15 is 0 Å². The highest BCUT2D eigenvalue weighted by Crippen LogP contribution is 2.21. The van der Waals surface area contributed by atoms with Gasteiger partial charge in [-0.3, -0.25) is 9.59 Å². The molecule has 1 aliphatic heterocycles. The van der Waals surface area contributed by atoms with Crippen LogP contribution in [0.4, 0.5) is 0 Å². The number of fused-ring (bicyclic) bond motifs is 1. The minimum atomic E-state index is -0.744. The van der Waals surface area contributed by atoms with Crippen molar-refractivity contribution in [2.24, 2.45) is 7.05 Å². The van der Waals surface area contributed by atoms with Crippen molar-refractivity contribution in [2.45, 2.75) is 39.0 Å². The molecule has 2 aromatic heterocycles. The van der Waals surface area contributed by atoms with Gasteiger partial charge in [0.15, 0.2) is 6.61 Å². The zero-order valence-corrected chi connectivity index (χ0v) is 15.1. The van der Waals surface area contributed by atoms with Crippen LogP contribution in [0.3, 0.4) is 0 Å². The second kappa shape index (κ2) is 7.72. The van der Waals surface area contributed by atoms with Gasteiger partial charge in [-0.25, -0.2) is 9.78 Å². The predicted molar refractivity (Wildman–Crippen MR) is 93.9 cm³/mol. The number of hydrogen-bond acceptors (Lipinski definition) is 6. The number of carbonyl (C=O) groups excluding carboxylic acids is 2. The number of esters is 1. The van der Waals surface area contributed by atoms with E-state index < -0.39 is 11.5 Å². The second-order valence-corrected chi connectivity index (χ2v) is 6.60. The molecule has 0 bridgehead atoms. The molecule has 0 N–H and O–H groups in total. The molecule has 8 heteroatoms. The molecule has 1 fully saturated rings. The van der Waals surface area contributed by atoms with Gasteiger partial charge in [0.05, 0.1) is 0 Å². The summed E-state index contributed by atoms with van der Waals surface area (Å²) < 4.78 is 11.8. The Morgan fingerprint density at radius 3 is 2.54 bits per heavy atom. The van der Waals surface area contributed by atoms with Gasteiger partial charge in [0, 0.05) is 20.1 Å². The number of aromatic nitrogens is 2. The fourth-order valence-electron chi connectivity index (χ4n) is 3.22. The zero-order chi connectivity index (χ0) is 18.7. The lowest BCUT2D eigenvalue weighted by molar-refractivity contribution is -0.134. The monoisotopic (exact) mass is 361 g/mol. The lowest BCUT2D eigenvalue weighted by Gasteiger charge is -2.24. The molecule has 2 aromatic rings. The minimum absolute atomic E-state index is 0.0363. The molecule has 0 radical (unpaired) electrons. The number of aryl methyl sites for hydroxylation is 2. The van der Waals surface area contributed by atoms with E-state index in [1.165, 1.54) is 24.4 Å². The number of nitrogens with zero attached hydrogens (tertiary/aromatic N) is 3. The summed E-state index contributed by atoms with van der Waals surface area (Å²) in [6.45, 7) is 2.60. The highest BCUT2D eigenvalue weighted by Gasteiger charge is 2.25. The molecule has 0 unspecified atom stereocenters. The average Bonchev–Trinajstić information content (AvgIpc) is 2.92. The Balaban J connectivity index is 1.73. The molecule has 3 heterocycles.